The van der Waals surface area contributed by atoms with Gasteiger partial charge in [-0.05, 0) is 56.2 Å². The number of halogens is 1. The lowest BCUT2D eigenvalue weighted by Gasteiger charge is -2.13. The van der Waals surface area contributed by atoms with E-state index in [2.05, 4.69) is 14.7 Å². The van der Waals surface area contributed by atoms with E-state index in [4.69, 9.17) is 11.6 Å². The summed E-state index contributed by atoms with van der Waals surface area (Å²) in [6.07, 6.45) is 1.48. The Morgan fingerprint density at radius 2 is 2.03 bits per heavy atom. The molecule has 3 aromatic rings. The summed E-state index contributed by atoms with van der Waals surface area (Å²) in [4.78, 5) is 16.5. The fraction of sp³-hybridized carbons (Fsp3) is 0.238. The first-order valence-electron chi connectivity index (χ1n) is 9.52. The highest BCUT2D eigenvalue weighted by Gasteiger charge is 2.20. The van der Waals surface area contributed by atoms with Gasteiger partial charge in [0.1, 0.15) is 11.6 Å². The van der Waals surface area contributed by atoms with Gasteiger partial charge >= 0.3 is 0 Å². The number of carbonyl (C=O) groups is 1. The summed E-state index contributed by atoms with van der Waals surface area (Å²) in [6, 6.07) is 9.37. The van der Waals surface area contributed by atoms with Crippen LogP contribution in [-0.4, -0.2) is 34.0 Å². The zero-order chi connectivity index (χ0) is 23.6. The molecule has 8 nitrogen and oxygen atoms in total. The molecule has 32 heavy (non-hydrogen) atoms. The molecular formula is C21H20ClN5O3S2. The minimum Gasteiger partial charge on any atom is -0.318 e. The van der Waals surface area contributed by atoms with E-state index in [-0.39, 0.29) is 21.6 Å². The Labute approximate surface area is 195 Å². The highest BCUT2D eigenvalue weighted by atomic mass is 35.5. The van der Waals surface area contributed by atoms with E-state index in [1.54, 1.807) is 0 Å². The van der Waals surface area contributed by atoms with Crippen LogP contribution in [0.5, 0.6) is 0 Å². The predicted octanol–water partition coefficient (Wildman–Crippen LogP) is 4.25. The quantitative estimate of drug-likeness (QED) is 0.408. The maximum atomic E-state index is 12.6. The van der Waals surface area contributed by atoms with Crippen LogP contribution in [0.25, 0.3) is 11.8 Å². The Morgan fingerprint density at radius 1 is 1.31 bits per heavy atom. The first-order valence-corrected chi connectivity index (χ1v) is 12.3. The number of nitrogens with zero attached hydrogens (tertiary/aromatic N) is 4. The fourth-order valence-electron chi connectivity index (χ4n) is 3.11. The standard InChI is InChI=1S/C21H20ClN5O3S2/c1-5-32(29,30)21-25-20(31-26-21)24-19(28)16(11-23)9-15-8-13(3)27(14(15)4)18-10-17(22)7-6-12(18)2/h6-10H,5H2,1-4H3,(H,24,25,26,28). The van der Waals surface area contributed by atoms with Gasteiger partial charge in [-0.3, -0.25) is 10.1 Å². The second-order valence-corrected chi connectivity index (χ2v) is 10.4. The second kappa shape index (κ2) is 9.24. The number of carbonyl (C=O) groups excluding carboxylic acids is 1. The van der Waals surface area contributed by atoms with Crippen molar-refractivity contribution < 1.29 is 13.2 Å². The van der Waals surface area contributed by atoms with Crippen LogP contribution in [0.4, 0.5) is 5.13 Å². The van der Waals surface area contributed by atoms with Crippen LogP contribution in [0.1, 0.15) is 29.4 Å². The molecule has 0 bridgehead atoms. The molecule has 0 unspecified atom stereocenters. The van der Waals surface area contributed by atoms with Crippen LogP contribution in [-0.2, 0) is 14.6 Å². The van der Waals surface area contributed by atoms with Crippen molar-refractivity contribution in [2.24, 2.45) is 0 Å². The highest BCUT2D eigenvalue weighted by Crippen LogP contribution is 2.27. The van der Waals surface area contributed by atoms with E-state index in [1.165, 1.54) is 13.0 Å². The third kappa shape index (κ3) is 4.75. The molecule has 0 saturated carbocycles. The van der Waals surface area contributed by atoms with Crippen LogP contribution in [0.2, 0.25) is 5.02 Å². The Bertz CT molecular complexity index is 1380. The molecular weight excluding hydrogens is 470 g/mol. The summed E-state index contributed by atoms with van der Waals surface area (Å²) in [5.41, 5.74) is 4.23. The number of benzene rings is 1. The smallest absolute Gasteiger partial charge is 0.268 e. The molecule has 0 aliphatic carbocycles. The zero-order valence-electron chi connectivity index (χ0n) is 17.8. The normalized spacial score (nSPS) is 11.9. The first kappa shape index (κ1) is 23.7. The minimum absolute atomic E-state index is 0.00296. The number of nitriles is 1. The molecule has 1 amide bonds. The van der Waals surface area contributed by atoms with E-state index >= 15 is 0 Å². The van der Waals surface area contributed by atoms with Gasteiger partial charge in [0.2, 0.25) is 15.0 Å². The third-order valence-corrected chi connectivity index (χ3v) is 7.31. The summed E-state index contributed by atoms with van der Waals surface area (Å²) in [6.45, 7) is 7.27. The Morgan fingerprint density at radius 3 is 2.69 bits per heavy atom. The van der Waals surface area contributed by atoms with Crippen molar-refractivity contribution in [2.45, 2.75) is 32.9 Å². The van der Waals surface area contributed by atoms with Crippen LogP contribution < -0.4 is 5.32 Å². The maximum Gasteiger partial charge on any atom is 0.268 e. The van der Waals surface area contributed by atoms with Gasteiger partial charge in [0, 0.05) is 33.6 Å². The van der Waals surface area contributed by atoms with Gasteiger partial charge in [-0.2, -0.15) is 14.6 Å². The Balaban J connectivity index is 1.93. The summed E-state index contributed by atoms with van der Waals surface area (Å²) in [7, 11) is -3.58. The lowest BCUT2D eigenvalue weighted by molar-refractivity contribution is -0.112. The van der Waals surface area contributed by atoms with Gasteiger partial charge in [0.15, 0.2) is 0 Å². The molecule has 0 radical (unpaired) electrons. The molecule has 1 N–H and O–H groups in total. The van der Waals surface area contributed by atoms with Gasteiger partial charge in [0.25, 0.3) is 11.1 Å². The Kier molecular flexibility index (Phi) is 6.83. The molecule has 2 aromatic heterocycles. The molecule has 0 atom stereocenters. The molecule has 0 spiro atoms. The van der Waals surface area contributed by atoms with Crippen molar-refractivity contribution in [2.75, 3.05) is 11.1 Å². The Hall–Kier alpha value is -3.00. The molecule has 166 valence electrons. The summed E-state index contributed by atoms with van der Waals surface area (Å²) >= 11 is 6.91. The SMILES string of the molecule is CCS(=O)(=O)c1nsc(NC(=O)C(C#N)=Cc2cc(C)n(-c3cc(Cl)ccc3C)c2C)n1. The van der Waals surface area contributed by atoms with Gasteiger partial charge in [0.05, 0.1) is 5.75 Å². The summed E-state index contributed by atoms with van der Waals surface area (Å²) in [5.74, 6) is -0.852. The van der Waals surface area contributed by atoms with E-state index in [1.807, 2.05) is 55.7 Å². The summed E-state index contributed by atoms with van der Waals surface area (Å²) < 4.78 is 29.5. The van der Waals surface area contributed by atoms with Crippen molar-refractivity contribution in [3.05, 3.63) is 57.4 Å². The van der Waals surface area contributed by atoms with Crippen LogP contribution in [0, 0.1) is 32.1 Å². The number of rotatable bonds is 6. The fourth-order valence-corrected chi connectivity index (χ4v) is 4.86. The van der Waals surface area contributed by atoms with Crippen molar-refractivity contribution in [3.8, 4) is 11.8 Å². The number of anilines is 1. The highest BCUT2D eigenvalue weighted by molar-refractivity contribution is 7.91. The average Bonchev–Trinajstić information content (AvgIpc) is 3.32. The van der Waals surface area contributed by atoms with Crippen LogP contribution >= 0.6 is 23.1 Å². The van der Waals surface area contributed by atoms with Gasteiger partial charge < -0.3 is 4.57 Å². The third-order valence-electron chi connectivity index (χ3n) is 4.83. The molecule has 0 aliphatic rings. The first-order chi connectivity index (χ1) is 15.1. The van der Waals surface area contributed by atoms with Gasteiger partial charge in [-0.15, -0.1) is 0 Å². The van der Waals surface area contributed by atoms with E-state index in [9.17, 15) is 18.5 Å². The zero-order valence-corrected chi connectivity index (χ0v) is 20.2. The number of sulfone groups is 1. The largest absolute Gasteiger partial charge is 0.318 e. The molecule has 0 saturated heterocycles. The number of hydrogen-bond donors (Lipinski definition) is 1. The number of aryl methyl sites for hydroxylation is 2. The van der Waals surface area contributed by atoms with E-state index < -0.39 is 15.7 Å². The molecule has 0 aliphatic heterocycles. The van der Waals surface area contributed by atoms with E-state index in [0.717, 1.165) is 34.2 Å². The molecule has 3 rings (SSSR count). The topological polar surface area (TPSA) is 118 Å². The number of nitrogens with one attached hydrogen (secondary N) is 1. The van der Waals surface area contributed by atoms with Crippen LogP contribution in [0.15, 0.2) is 35.0 Å². The van der Waals surface area contributed by atoms with Gasteiger partial charge in [-0.1, -0.05) is 24.6 Å². The lowest BCUT2D eigenvalue weighted by atomic mass is 10.1. The number of hydrogen-bond acceptors (Lipinski definition) is 7. The van der Waals surface area contributed by atoms with Gasteiger partial charge in [-0.25, -0.2) is 8.42 Å². The number of amides is 1. The predicted molar refractivity (Wildman–Crippen MR) is 125 cm³/mol. The van der Waals surface area contributed by atoms with Crippen molar-refractivity contribution in [3.63, 3.8) is 0 Å². The number of aromatic nitrogens is 3. The van der Waals surface area contributed by atoms with Crippen LogP contribution in [0.3, 0.4) is 0 Å². The van der Waals surface area contributed by atoms with Crippen molar-refractivity contribution in [1.82, 2.24) is 13.9 Å². The molecule has 1 aromatic carbocycles. The average molecular weight is 490 g/mol. The van der Waals surface area contributed by atoms with E-state index in [0.29, 0.717) is 10.6 Å². The van der Waals surface area contributed by atoms with Crippen molar-refractivity contribution >= 4 is 50.1 Å². The molecule has 11 heteroatoms. The van der Waals surface area contributed by atoms with Crippen molar-refractivity contribution in [1.29, 1.82) is 5.26 Å². The minimum atomic E-state index is -3.58. The summed E-state index contributed by atoms with van der Waals surface area (Å²) in [5, 5.41) is 12.3. The molecule has 2 heterocycles. The monoisotopic (exact) mass is 489 g/mol. The maximum absolute atomic E-state index is 12.6. The lowest BCUT2D eigenvalue weighted by Crippen LogP contribution is -2.14. The molecule has 0 fully saturated rings. The second-order valence-electron chi connectivity index (χ2n) is 7.00.